The zero-order chi connectivity index (χ0) is 17.1. The third kappa shape index (κ3) is 3.65. The van der Waals surface area contributed by atoms with Crippen molar-refractivity contribution in [2.24, 2.45) is 0 Å². The van der Waals surface area contributed by atoms with E-state index < -0.39 is 6.04 Å². The highest BCUT2D eigenvalue weighted by molar-refractivity contribution is 6.30. The molecule has 6 nitrogen and oxygen atoms in total. The van der Waals surface area contributed by atoms with Crippen LogP contribution in [-0.2, 0) is 11.3 Å². The largest absolute Gasteiger partial charge is 0.322 e. The Morgan fingerprint density at radius 3 is 2.88 bits per heavy atom. The van der Waals surface area contributed by atoms with Gasteiger partial charge in [0.05, 0.1) is 18.4 Å². The van der Waals surface area contributed by atoms with Crippen molar-refractivity contribution in [2.45, 2.75) is 26.4 Å². The fraction of sp³-hybridized carbons (Fsp3) is 0.235. The number of aryl methyl sites for hydroxylation is 1. The second-order valence-electron chi connectivity index (χ2n) is 5.64. The molecule has 0 spiro atoms. The van der Waals surface area contributed by atoms with Crippen LogP contribution in [0.5, 0.6) is 0 Å². The van der Waals surface area contributed by atoms with Gasteiger partial charge in [0.25, 0.3) is 0 Å². The summed E-state index contributed by atoms with van der Waals surface area (Å²) in [4.78, 5) is 12.3. The van der Waals surface area contributed by atoms with Gasteiger partial charge in [-0.3, -0.25) is 14.2 Å². The van der Waals surface area contributed by atoms with Gasteiger partial charge in [-0.1, -0.05) is 23.7 Å². The summed E-state index contributed by atoms with van der Waals surface area (Å²) in [6.45, 7) is 4.32. The average Bonchev–Trinajstić information content (AvgIpc) is 3.15. The number of anilines is 1. The minimum Gasteiger partial charge on any atom is -0.322 e. The van der Waals surface area contributed by atoms with Crippen LogP contribution in [0.25, 0.3) is 0 Å². The first-order valence-electron chi connectivity index (χ1n) is 7.61. The van der Waals surface area contributed by atoms with E-state index in [1.165, 1.54) is 0 Å². The Bertz CT molecular complexity index is 854. The van der Waals surface area contributed by atoms with E-state index in [4.69, 9.17) is 11.6 Å². The first-order chi connectivity index (χ1) is 11.5. The lowest BCUT2D eigenvalue weighted by molar-refractivity contribution is -0.119. The Labute approximate surface area is 145 Å². The van der Waals surface area contributed by atoms with E-state index in [-0.39, 0.29) is 5.91 Å². The standard InChI is InChI=1S/C17H18ClN5O/c1-12-6-7-19-23(12)13(2)17(24)21-16-9-20-22(11-16)10-14-4-3-5-15(18)8-14/h3-9,11,13H,10H2,1-2H3,(H,21,24). The third-order valence-electron chi connectivity index (χ3n) is 3.75. The quantitative estimate of drug-likeness (QED) is 0.773. The van der Waals surface area contributed by atoms with Gasteiger partial charge in [0.1, 0.15) is 6.04 Å². The number of amides is 1. The molecule has 0 aliphatic carbocycles. The minimum atomic E-state index is -0.392. The molecule has 1 amide bonds. The van der Waals surface area contributed by atoms with Gasteiger partial charge in [-0.15, -0.1) is 0 Å². The molecule has 24 heavy (non-hydrogen) atoms. The van der Waals surface area contributed by atoms with Crippen LogP contribution in [0.3, 0.4) is 0 Å². The zero-order valence-electron chi connectivity index (χ0n) is 13.5. The maximum Gasteiger partial charge on any atom is 0.249 e. The molecule has 1 atom stereocenters. The molecule has 0 aliphatic rings. The maximum absolute atomic E-state index is 12.3. The summed E-state index contributed by atoms with van der Waals surface area (Å²) in [6, 6.07) is 9.08. The van der Waals surface area contributed by atoms with E-state index in [1.807, 2.05) is 44.2 Å². The number of nitrogens with zero attached hydrogens (tertiary/aromatic N) is 4. The van der Waals surface area contributed by atoms with E-state index in [2.05, 4.69) is 15.5 Å². The number of benzene rings is 1. The lowest BCUT2D eigenvalue weighted by Gasteiger charge is -2.13. The molecule has 1 N–H and O–H groups in total. The molecule has 0 aliphatic heterocycles. The van der Waals surface area contributed by atoms with Crippen molar-refractivity contribution in [3.05, 3.63) is 65.2 Å². The highest BCUT2D eigenvalue weighted by Gasteiger charge is 2.17. The van der Waals surface area contributed by atoms with Gasteiger partial charge in [0.2, 0.25) is 5.91 Å². The number of rotatable bonds is 5. The van der Waals surface area contributed by atoms with Crippen LogP contribution in [0.1, 0.15) is 24.2 Å². The molecule has 124 valence electrons. The molecule has 7 heteroatoms. The average molecular weight is 344 g/mol. The third-order valence-corrected chi connectivity index (χ3v) is 3.98. The summed E-state index contributed by atoms with van der Waals surface area (Å²) in [5.41, 5.74) is 2.64. The summed E-state index contributed by atoms with van der Waals surface area (Å²) < 4.78 is 3.44. The molecule has 3 aromatic rings. The summed E-state index contributed by atoms with van der Waals surface area (Å²) in [6.07, 6.45) is 5.11. The molecule has 2 heterocycles. The highest BCUT2D eigenvalue weighted by Crippen LogP contribution is 2.15. The molecule has 1 unspecified atom stereocenters. The van der Waals surface area contributed by atoms with Crippen molar-refractivity contribution in [3.63, 3.8) is 0 Å². The van der Waals surface area contributed by atoms with Crippen LogP contribution in [-0.4, -0.2) is 25.5 Å². The molecule has 1 aromatic carbocycles. The predicted molar refractivity (Wildman–Crippen MR) is 93.1 cm³/mol. The van der Waals surface area contributed by atoms with Gasteiger partial charge in [-0.2, -0.15) is 10.2 Å². The monoisotopic (exact) mass is 343 g/mol. The predicted octanol–water partition coefficient (Wildman–Crippen LogP) is 3.29. The number of hydrogen-bond acceptors (Lipinski definition) is 3. The zero-order valence-corrected chi connectivity index (χ0v) is 14.2. The Kier molecular flexibility index (Phi) is 4.66. The Balaban J connectivity index is 1.65. The maximum atomic E-state index is 12.3. The summed E-state index contributed by atoms with van der Waals surface area (Å²) in [7, 11) is 0. The smallest absolute Gasteiger partial charge is 0.249 e. The number of carbonyl (C=O) groups excluding carboxylic acids is 1. The Morgan fingerprint density at radius 1 is 1.33 bits per heavy atom. The highest BCUT2D eigenvalue weighted by atomic mass is 35.5. The fourth-order valence-corrected chi connectivity index (χ4v) is 2.69. The van der Waals surface area contributed by atoms with Crippen LogP contribution in [0.15, 0.2) is 48.9 Å². The summed E-state index contributed by atoms with van der Waals surface area (Å²) >= 11 is 5.99. The molecule has 3 rings (SSSR count). The minimum absolute atomic E-state index is 0.135. The number of nitrogens with one attached hydrogen (secondary N) is 1. The Morgan fingerprint density at radius 2 is 2.17 bits per heavy atom. The van der Waals surface area contributed by atoms with Gasteiger partial charge < -0.3 is 5.32 Å². The first-order valence-corrected chi connectivity index (χ1v) is 7.98. The second-order valence-corrected chi connectivity index (χ2v) is 6.08. The second kappa shape index (κ2) is 6.88. The number of carbonyl (C=O) groups is 1. The number of halogens is 1. The van der Waals surface area contributed by atoms with E-state index in [0.29, 0.717) is 17.3 Å². The van der Waals surface area contributed by atoms with Gasteiger partial charge in [-0.05, 0) is 37.6 Å². The Hall–Kier alpha value is -2.60. The van der Waals surface area contributed by atoms with Crippen molar-refractivity contribution >= 4 is 23.2 Å². The molecule has 2 aromatic heterocycles. The van der Waals surface area contributed by atoms with Gasteiger partial charge >= 0.3 is 0 Å². The molecule has 0 bridgehead atoms. The molecule has 0 saturated carbocycles. The molecular weight excluding hydrogens is 326 g/mol. The van der Waals surface area contributed by atoms with Crippen molar-refractivity contribution in [2.75, 3.05) is 5.32 Å². The van der Waals surface area contributed by atoms with Gasteiger partial charge in [-0.25, -0.2) is 0 Å². The molecule has 0 radical (unpaired) electrons. The summed E-state index contributed by atoms with van der Waals surface area (Å²) in [5.74, 6) is -0.135. The SMILES string of the molecule is Cc1ccnn1C(C)C(=O)Nc1cnn(Cc2cccc(Cl)c2)c1. The van der Waals surface area contributed by atoms with E-state index in [9.17, 15) is 4.79 Å². The van der Waals surface area contributed by atoms with Crippen molar-refractivity contribution < 1.29 is 4.79 Å². The van der Waals surface area contributed by atoms with Gasteiger partial charge in [0.15, 0.2) is 0 Å². The molecule has 0 saturated heterocycles. The lowest BCUT2D eigenvalue weighted by atomic mass is 10.2. The number of hydrogen-bond donors (Lipinski definition) is 1. The van der Waals surface area contributed by atoms with Crippen molar-refractivity contribution in [1.82, 2.24) is 19.6 Å². The van der Waals surface area contributed by atoms with E-state index >= 15 is 0 Å². The molecular formula is C17H18ClN5O. The lowest BCUT2D eigenvalue weighted by Crippen LogP contribution is -2.25. The van der Waals surface area contributed by atoms with E-state index in [1.54, 1.807) is 28.0 Å². The first kappa shape index (κ1) is 16.3. The van der Waals surface area contributed by atoms with Crippen LogP contribution in [0.4, 0.5) is 5.69 Å². The van der Waals surface area contributed by atoms with Crippen molar-refractivity contribution in [3.8, 4) is 0 Å². The normalized spacial score (nSPS) is 12.1. The van der Waals surface area contributed by atoms with E-state index in [0.717, 1.165) is 11.3 Å². The van der Waals surface area contributed by atoms with Crippen LogP contribution in [0.2, 0.25) is 5.02 Å². The van der Waals surface area contributed by atoms with Crippen LogP contribution in [0, 0.1) is 6.92 Å². The topological polar surface area (TPSA) is 64.7 Å². The number of aromatic nitrogens is 4. The van der Waals surface area contributed by atoms with Crippen LogP contribution >= 0.6 is 11.6 Å². The van der Waals surface area contributed by atoms with Crippen LogP contribution < -0.4 is 5.32 Å². The fourth-order valence-electron chi connectivity index (χ4n) is 2.48. The summed E-state index contributed by atoms with van der Waals surface area (Å²) in [5, 5.41) is 12.0. The van der Waals surface area contributed by atoms with Crippen molar-refractivity contribution in [1.29, 1.82) is 0 Å². The molecule has 0 fully saturated rings. The van der Waals surface area contributed by atoms with Gasteiger partial charge in [0, 0.05) is 23.1 Å².